The van der Waals surface area contributed by atoms with Gasteiger partial charge in [-0.1, -0.05) is 0 Å². The van der Waals surface area contributed by atoms with Crippen LogP contribution >= 0.6 is 0 Å². The molecule has 3 rings (SSSR count). The smallest absolute Gasteiger partial charge is 0.318 e. The number of anilines is 1. The van der Waals surface area contributed by atoms with Crippen molar-refractivity contribution in [2.24, 2.45) is 0 Å². The predicted octanol–water partition coefficient (Wildman–Crippen LogP) is 1.96. The number of carbonyl (C=O) groups is 2. The van der Waals surface area contributed by atoms with Gasteiger partial charge in [-0.3, -0.25) is 19.5 Å². The molecule has 0 bridgehead atoms. The third-order valence-corrected chi connectivity index (χ3v) is 3.93. The van der Waals surface area contributed by atoms with Gasteiger partial charge in [-0.15, -0.1) is 0 Å². The molecule has 0 radical (unpaired) electrons. The Morgan fingerprint density at radius 2 is 1.91 bits per heavy atom. The molecule has 23 heavy (non-hydrogen) atoms. The number of nitrogens with zero attached hydrogens (tertiary/aromatic N) is 2. The number of alkyl halides is 3. The summed E-state index contributed by atoms with van der Waals surface area (Å²) >= 11 is 0. The van der Waals surface area contributed by atoms with Gasteiger partial charge < -0.3 is 5.32 Å². The second-order valence-corrected chi connectivity index (χ2v) is 5.54. The minimum absolute atomic E-state index is 0.118. The highest BCUT2D eigenvalue weighted by atomic mass is 19.4. The maximum Gasteiger partial charge on any atom is 0.440 e. The summed E-state index contributed by atoms with van der Waals surface area (Å²) in [7, 11) is 0. The zero-order valence-corrected chi connectivity index (χ0v) is 12.5. The monoisotopic (exact) mass is 326 g/mol. The predicted molar refractivity (Wildman–Crippen MR) is 75.7 cm³/mol. The molecule has 1 atom stereocenters. The second kappa shape index (κ2) is 4.46. The number of aryl methyl sites for hydroxylation is 2. The lowest BCUT2D eigenvalue weighted by Gasteiger charge is -2.31. The van der Waals surface area contributed by atoms with Crippen LogP contribution in [-0.4, -0.2) is 27.5 Å². The first-order valence-electron chi connectivity index (χ1n) is 6.75. The largest absolute Gasteiger partial charge is 0.440 e. The number of halogens is 3. The molecular formula is C14H13F3N4O2. The van der Waals surface area contributed by atoms with E-state index in [0.29, 0.717) is 10.1 Å². The molecule has 1 unspecified atom stereocenters. The number of imidazole rings is 1. The molecule has 1 aliphatic heterocycles. The van der Waals surface area contributed by atoms with Crippen molar-refractivity contribution in [3.05, 3.63) is 23.3 Å². The summed E-state index contributed by atoms with van der Waals surface area (Å²) in [6.45, 7) is 4.47. The van der Waals surface area contributed by atoms with Crippen LogP contribution in [0.25, 0.3) is 11.0 Å². The molecule has 2 amide bonds. The summed E-state index contributed by atoms with van der Waals surface area (Å²) in [6.07, 6.45) is -5.04. The lowest BCUT2D eigenvalue weighted by molar-refractivity contribution is -0.217. The van der Waals surface area contributed by atoms with E-state index in [4.69, 9.17) is 0 Å². The Morgan fingerprint density at radius 1 is 1.30 bits per heavy atom. The van der Waals surface area contributed by atoms with Gasteiger partial charge >= 0.3 is 6.18 Å². The Morgan fingerprint density at radius 3 is 2.48 bits per heavy atom. The minimum Gasteiger partial charge on any atom is -0.318 e. The standard InChI is InChI=1S/C14H13F3N4O2/c1-6-4-9-10(5-7(6)2)21-12(18-9)19-11(23)13(21,14(15,16)17)20-8(3)22/h4-5H,1-3H3,(H,20,22)(H,18,19,23). The zero-order valence-electron chi connectivity index (χ0n) is 12.5. The number of hydrogen-bond acceptors (Lipinski definition) is 3. The molecule has 0 fully saturated rings. The minimum atomic E-state index is -5.04. The number of benzene rings is 1. The Bertz CT molecular complexity index is 856. The van der Waals surface area contributed by atoms with Crippen LogP contribution in [0.3, 0.4) is 0 Å². The maximum atomic E-state index is 13.8. The highest BCUT2D eigenvalue weighted by Gasteiger charge is 2.67. The van der Waals surface area contributed by atoms with Gasteiger partial charge in [0.05, 0.1) is 11.0 Å². The van der Waals surface area contributed by atoms with Gasteiger partial charge in [0.25, 0.3) is 11.6 Å². The summed E-state index contributed by atoms with van der Waals surface area (Å²) in [5.74, 6) is -2.61. The summed E-state index contributed by atoms with van der Waals surface area (Å²) in [6, 6.07) is 3.15. The summed E-state index contributed by atoms with van der Waals surface area (Å²) in [5, 5.41) is 3.87. The third kappa shape index (κ3) is 1.92. The number of rotatable bonds is 1. The highest BCUT2D eigenvalue weighted by Crippen LogP contribution is 2.44. The average molecular weight is 326 g/mol. The molecular weight excluding hydrogens is 313 g/mol. The second-order valence-electron chi connectivity index (χ2n) is 5.54. The fraction of sp³-hybridized carbons (Fsp3) is 0.357. The molecule has 0 saturated heterocycles. The Balaban J connectivity index is 2.39. The molecule has 0 spiro atoms. The summed E-state index contributed by atoms with van der Waals surface area (Å²) < 4.78 is 42.0. The number of aromatic nitrogens is 2. The van der Waals surface area contributed by atoms with E-state index in [1.165, 1.54) is 6.07 Å². The van der Waals surface area contributed by atoms with Crippen molar-refractivity contribution in [2.45, 2.75) is 32.6 Å². The number of fused-ring (bicyclic) bond motifs is 3. The van der Waals surface area contributed by atoms with Gasteiger partial charge in [-0.25, -0.2) is 4.98 Å². The fourth-order valence-corrected chi connectivity index (χ4v) is 2.74. The molecule has 122 valence electrons. The van der Waals surface area contributed by atoms with Crippen LogP contribution in [0.5, 0.6) is 0 Å². The van der Waals surface area contributed by atoms with Gasteiger partial charge in [-0.2, -0.15) is 13.2 Å². The fourth-order valence-electron chi connectivity index (χ4n) is 2.74. The van der Waals surface area contributed by atoms with Crippen molar-refractivity contribution in [2.75, 3.05) is 5.32 Å². The van der Waals surface area contributed by atoms with Gasteiger partial charge in [0.15, 0.2) is 0 Å². The molecule has 6 nitrogen and oxygen atoms in total. The first-order valence-corrected chi connectivity index (χ1v) is 6.75. The molecule has 0 aliphatic carbocycles. The normalized spacial score (nSPS) is 20.5. The SMILES string of the molecule is CC(=O)NC1(C(F)(F)F)C(=O)Nc2nc3cc(C)c(C)cc3n21. The van der Waals surface area contributed by atoms with Crippen LogP contribution in [0.15, 0.2) is 12.1 Å². The third-order valence-electron chi connectivity index (χ3n) is 3.93. The molecule has 0 saturated carbocycles. The topological polar surface area (TPSA) is 76.0 Å². The lowest BCUT2D eigenvalue weighted by atomic mass is 10.1. The van der Waals surface area contributed by atoms with Crippen LogP contribution < -0.4 is 10.6 Å². The summed E-state index contributed by atoms with van der Waals surface area (Å²) in [4.78, 5) is 27.5. The van der Waals surface area contributed by atoms with E-state index in [1.807, 2.05) is 6.92 Å². The quantitative estimate of drug-likeness (QED) is 0.841. The van der Waals surface area contributed by atoms with Gasteiger partial charge in [0.1, 0.15) is 0 Å². The maximum absolute atomic E-state index is 13.8. The average Bonchev–Trinajstić information content (AvgIpc) is 2.85. The van der Waals surface area contributed by atoms with Gasteiger partial charge in [-0.05, 0) is 37.1 Å². The first-order chi connectivity index (χ1) is 10.6. The Kier molecular flexibility index (Phi) is 2.97. The molecule has 2 heterocycles. The van der Waals surface area contributed by atoms with E-state index in [1.54, 1.807) is 18.3 Å². The van der Waals surface area contributed by atoms with Crippen molar-refractivity contribution >= 4 is 28.8 Å². The van der Waals surface area contributed by atoms with E-state index < -0.39 is 23.7 Å². The Hall–Kier alpha value is -2.58. The summed E-state index contributed by atoms with van der Waals surface area (Å²) in [5.41, 5.74) is -1.17. The van der Waals surface area contributed by atoms with E-state index >= 15 is 0 Å². The van der Waals surface area contributed by atoms with Crippen molar-refractivity contribution in [1.29, 1.82) is 0 Å². The number of nitrogens with one attached hydrogen (secondary N) is 2. The molecule has 9 heteroatoms. The van der Waals surface area contributed by atoms with Crippen LogP contribution in [0.4, 0.5) is 19.1 Å². The highest BCUT2D eigenvalue weighted by molar-refractivity contribution is 6.05. The lowest BCUT2D eigenvalue weighted by Crippen LogP contribution is -2.63. The van der Waals surface area contributed by atoms with Gasteiger partial charge in [0, 0.05) is 6.92 Å². The van der Waals surface area contributed by atoms with Crippen molar-refractivity contribution in [1.82, 2.24) is 14.9 Å². The number of hydrogen-bond donors (Lipinski definition) is 2. The molecule has 1 aromatic heterocycles. The van der Waals surface area contributed by atoms with E-state index in [-0.39, 0.29) is 11.5 Å². The molecule has 2 N–H and O–H groups in total. The molecule has 2 aromatic rings. The zero-order chi connectivity index (χ0) is 17.2. The molecule has 1 aliphatic rings. The van der Waals surface area contributed by atoms with Crippen LogP contribution in [0, 0.1) is 13.8 Å². The number of amides is 2. The van der Waals surface area contributed by atoms with Crippen molar-refractivity contribution in [3.63, 3.8) is 0 Å². The first kappa shape index (κ1) is 15.3. The van der Waals surface area contributed by atoms with E-state index in [0.717, 1.165) is 18.1 Å². The van der Waals surface area contributed by atoms with Crippen LogP contribution in [0.1, 0.15) is 18.1 Å². The van der Waals surface area contributed by atoms with Crippen molar-refractivity contribution < 1.29 is 22.8 Å². The Labute approximate surface area is 128 Å². The van der Waals surface area contributed by atoms with Gasteiger partial charge in [0.2, 0.25) is 11.9 Å². The van der Waals surface area contributed by atoms with Crippen LogP contribution in [-0.2, 0) is 15.3 Å². The molecule has 1 aromatic carbocycles. The van der Waals surface area contributed by atoms with E-state index in [9.17, 15) is 22.8 Å². The van der Waals surface area contributed by atoms with E-state index in [2.05, 4.69) is 10.3 Å². The van der Waals surface area contributed by atoms with Crippen molar-refractivity contribution in [3.8, 4) is 0 Å². The van der Waals surface area contributed by atoms with Crippen LogP contribution in [0.2, 0.25) is 0 Å². The number of carbonyl (C=O) groups excluding carboxylic acids is 2.